The van der Waals surface area contributed by atoms with E-state index in [1.807, 2.05) is 43.3 Å². The molecular weight excluding hydrogens is 278 g/mol. The lowest BCUT2D eigenvalue weighted by Gasteiger charge is -2.07. The maximum Gasteiger partial charge on any atom is 0.338 e. The Balaban J connectivity index is 1.78. The Bertz CT molecular complexity index is 846. The third-order valence-corrected chi connectivity index (χ3v) is 3.27. The number of carbonyl (C=O) groups excluding carboxylic acids is 1. The first-order valence-electron chi connectivity index (χ1n) is 6.88. The molecule has 0 atom stereocenters. The second-order valence-electron chi connectivity index (χ2n) is 4.99. The van der Waals surface area contributed by atoms with Gasteiger partial charge in [-0.3, -0.25) is 0 Å². The number of nitrogens with zero attached hydrogens (tertiary/aromatic N) is 2. The molecule has 2 aromatic carbocycles. The van der Waals surface area contributed by atoms with Crippen LogP contribution >= 0.6 is 0 Å². The number of benzene rings is 2. The van der Waals surface area contributed by atoms with Crippen LogP contribution in [-0.4, -0.2) is 15.9 Å². The molecular formula is C17H15N3O2. The van der Waals surface area contributed by atoms with E-state index in [1.54, 1.807) is 12.1 Å². The molecule has 0 aliphatic rings. The molecule has 0 amide bonds. The summed E-state index contributed by atoms with van der Waals surface area (Å²) in [5.74, 6) is 0.364. The zero-order chi connectivity index (χ0) is 15.5. The standard InChI is InChI=1S/C17H15N3O2/c1-11-5-4-6-12(9-11)17(21)22-10-15-19-14-8-3-2-7-13(14)16(18)20-15/h2-9H,10H2,1H3,(H2,18,19,20). The Morgan fingerprint density at radius 1 is 1.14 bits per heavy atom. The summed E-state index contributed by atoms with van der Waals surface area (Å²) >= 11 is 0. The number of rotatable bonds is 3. The van der Waals surface area contributed by atoms with Crippen molar-refractivity contribution in [2.75, 3.05) is 5.73 Å². The van der Waals surface area contributed by atoms with Gasteiger partial charge in [0, 0.05) is 5.39 Å². The maximum atomic E-state index is 12.0. The largest absolute Gasteiger partial charge is 0.454 e. The number of nitrogen functional groups attached to an aromatic ring is 1. The average molecular weight is 293 g/mol. The van der Waals surface area contributed by atoms with Gasteiger partial charge < -0.3 is 10.5 Å². The van der Waals surface area contributed by atoms with Gasteiger partial charge in [0.25, 0.3) is 0 Å². The third kappa shape index (κ3) is 2.88. The van der Waals surface area contributed by atoms with Crippen LogP contribution in [0.5, 0.6) is 0 Å². The van der Waals surface area contributed by atoms with Gasteiger partial charge >= 0.3 is 5.97 Å². The van der Waals surface area contributed by atoms with Gasteiger partial charge in [0.1, 0.15) is 5.82 Å². The molecule has 0 spiro atoms. The summed E-state index contributed by atoms with van der Waals surface area (Å²) in [6.07, 6.45) is 0. The Kier molecular flexibility index (Phi) is 3.70. The smallest absolute Gasteiger partial charge is 0.338 e. The van der Waals surface area contributed by atoms with Crippen LogP contribution in [0.1, 0.15) is 21.7 Å². The van der Waals surface area contributed by atoms with Crippen molar-refractivity contribution in [2.45, 2.75) is 13.5 Å². The fourth-order valence-electron chi connectivity index (χ4n) is 2.20. The normalized spacial score (nSPS) is 10.6. The summed E-state index contributed by atoms with van der Waals surface area (Å²) in [6.45, 7) is 1.91. The number of esters is 1. The molecule has 0 aliphatic heterocycles. The van der Waals surface area contributed by atoms with Gasteiger partial charge in [-0.25, -0.2) is 14.8 Å². The van der Waals surface area contributed by atoms with Crippen molar-refractivity contribution in [3.63, 3.8) is 0 Å². The predicted molar refractivity (Wildman–Crippen MR) is 84.2 cm³/mol. The average Bonchev–Trinajstić information content (AvgIpc) is 2.53. The van der Waals surface area contributed by atoms with E-state index in [1.165, 1.54) is 0 Å². The lowest BCUT2D eigenvalue weighted by molar-refractivity contribution is 0.0462. The predicted octanol–water partition coefficient (Wildman–Crippen LogP) is 2.88. The van der Waals surface area contributed by atoms with Gasteiger partial charge in [-0.2, -0.15) is 0 Å². The quantitative estimate of drug-likeness (QED) is 0.751. The van der Waals surface area contributed by atoms with Crippen molar-refractivity contribution < 1.29 is 9.53 Å². The first-order valence-corrected chi connectivity index (χ1v) is 6.88. The molecule has 110 valence electrons. The van der Waals surface area contributed by atoms with E-state index >= 15 is 0 Å². The van der Waals surface area contributed by atoms with Gasteiger partial charge in [0.15, 0.2) is 12.4 Å². The second kappa shape index (κ2) is 5.81. The molecule has 22 heavy (non-hydrogen) atoms. The zero-order valence-corrected chi connectivity index (χ0v) is 12.1. The Labute approximate surface area is 127 Å². The van der Waals surface area contributed by atoms with Crippen LogP contribution in [0.25, 0.3) is 10.9 Å². The van der Waals surface area contributed by atoms with E-state index in [-0.39, 0.29) is 6.61 Å². The molecule has 5 heteroatoms. The lowest BCUT2D eigenvalue weighted by Crippen LogP contribution is -2.09. The minimum atomic E-state index is -0.404. The maximum absolute atomic E-state index is 12.0. The van der Waals surface area contributed by atoms with E-state index in [0.29, 0.717) is 17.2 Å². The first kappa shape index (κ1) is 14.0. The van der Waals surface area contributed by atoms with Crippen molar-refractivity contribution in [2.24, 2.45) is 0 Å². The van der Waals surface area contributed by atoms with Crippen molar-refractivity contribution in [3.05, 3.63) is 65.5 Å². The number of aryl methyl sites for hydroxylation is 1. The zero-order valence-electron chi connectivity index (χ0n) is 12.1. The summed E-state index contributed by atoms with van der Waals surface area (Å²) in [4.78, 5) is 20.5. The van der Waals surface area contributed by atoms with E-state index in [0.717, 1.165) is 16.5 Å². The van der Waals surface area contributed by atoms with Gasteiger partial charge in [-0.15, -0.1) is 0 Å². The molecule has 0 aliphatic carbocycles. The highest BCUT2D eigenvalue weighted by Gasteiger charge is 2.10. The molecule has 1 heterocycles. The molecule has 5 nitrogen and oxygen atoms in total. The fraction of sp³-hybridized carbons (Fsp3) is 0.118. The summed E-state index contributed by atoms with van der Waals surface area (Å²) in [5.41, 5.74) is 8.14. The second-order valence-corrected chi connectivity index (χ2v) is 4.99. The van der Waals surface area contributed by atoms with Gasteiger partial charge in [0.05, 0.1) is 11.1 Å². The molecule has 0 fully saturated rings. The number of hydrogen-bond acceptors (Lipinski definition) is 5. The van der Waals surface area contributed by atoms with E-state index < -0.39 is 5.97 Å². The highest BCUT2D eigenvalue weighted by Crippen LogP contribution is 2.17. The number of carbonyl (C=O) groups is 1. The minimum absolute atomic E-state index is 0.0121. The molecule has 1 aromatic heterocycles. The van der Waals surface area contributed by atoms with Crippen LogP contribution in [0.15, 0.2) is 48.5 Å². The topological polar surface area (TPSA) is 78.1 Å². The van der Waals surface area contributed by atoms with E-state index in [2.05, 4.69) is 9.97 Å². The van der Waals surface area contributed by atoms with Gasteiger partial charge in [-0.1, -0.05) is 29.8 Å². The van der Waals surface area contributed by atoms with Crippen molar-refractivity contribution >= 4 is 22.7 Å². The highest BCUT2D eigenvalue weighted by molar-refractivity contribution is 5.90. The molecule has 2 N–H and O–H groups in total. The minimum Gasteiger partial charge on any atom is -0.454 e. The van der Waals surface area contributed by atoms with Crippen LogP contribution < -0.4 is 5.73 Å². The van der Waals surface area contributed by atoms with Gasteiger partial charge in [0.2, 0.25) is 0 Å². The van der Waals surface area contributed by atoms with Crippen LogP contribution in [0.3, 0.4) is 0 Å². The van der Waals surface area contributed by atoms with Crippen molar-refractivity contribution in [1.29, 1.82) is 0 Å². The third-order valence-electron chi connectivity index (χ3n) is 3.27. The van der Waals surface area contributed by atoms with E-state index in [9.17, 15) is 4.79 Å². The van der Waals surface area contributed by atoms with Crippen LogP contribution in [0.2, 0.25) is 0 Å². The number of hydrogen-bond donors (Lipinski definition) is 1. The van der Waals surface area contributed by atoms with E-state index in [4.69, 9.17) is 10.5 Å². The monoisotopic (exact) mass is 293 g/mol. The van der Waals surface area contributed by atoms with Crippen LogP contribution in [-0.2, 0) is 11.3 Å². The number of para-hydroxylation sites is 1. The molecule has 0 radical (unpaired) electrons. The highest BCUT2D eigenvalue weighted by atomic mass is 16.5. The number of nitrogens with two attached hydrogens (primary N) is 1. The SMILES string of the molecule is Cc1cccc(C(=O)OCc2nc(N)c3ccccc3n2)c1. The van der Waals surface area contributed by atoms with Crippen molar-refractivity contribution in [3.8, 4) is 0 Å². The molecule has 0 saturated carbocycles. The Morgan fingerprint density at radius 3 is 2.77 bits per heavy atom. The summed E-state index contributed by atoms with van der Waals surface area (Å²) in [6, 6.07) is 14.7. The number of ether oxygens (including phenoxy) is 1. The fourth-order valence-corrected chi connectivity index (χ4v) is 2.20. The first-order chi connectivity index (χ1) is 10.6. The van der Waals surface area contributed by atoms with Gasteiger partial charge in [-0.05, 0) is 31.2 Å². The molecule has 0 saturated heterocycles. The van der Waals surface area contributed by atoms with Crippen LogP contribution in [0, 0.1) is 6.92 Å². The number of aromatic nitrogens is 2. The molecule has 0 bridgehead atoms. The summed E-state index contributed by atoms with van der Waals surface area (Å²) < 4.78 is 5.25. The van der Waals surface area contributed by atoms with Crippen molar-refractivity contribution in [1.82, 2.24) is 9.97 Å². The van der Waals surface area contributed by atoms with Crippen LogP contribution in [0.4, 0.5) is 5.82 Å². The Hall–Kier alpha value is -2.95. The summed E-state index contributed by atoms with van der Waals surface area (Å²) in [7, 11) is 0. The molecule has 0 unspecified atom stereocenters. The summed E-state index contributed by atoms with van der Waals surface area (Å²) in [5, 5.41) is 0.788. The number of anilines is 1. The Morgan fingerprint density at radius 2 is 1.95 bits per heavy atom. The number of fused-ring (bicyclic) bond motifs is 1. The lowest BCUT2D eigenvalue weighted by atomic mass is 10.1. The molecule has 3 rings (SSSR count). The molecule has 3 aromatic rings.